The third-order valence-electron chi connectivity index (χ3n) is 4.38. The summed E-state index contributed by atoms with van der Waals surface area (Å²) in [6, 6.07) is 4.59. The molecule has 0 aliphatic rings. The van der Waals surface area contributed by atoms with Gasteiger partial charge in [-0.05, 0) is 31.5 Å². The van der Waals surface area contributed by atoms with Crippen LogP contribution < -0.4 is 5.32 Å². The summed E-state index contributed by atoms with van der Waals surface area (Å²) in [5, 5.41) is 21.5. The Morgan fingerprint density at radius 2 is 1.36 bits per heavy atom. The van der Waals surface area contributed by atoms with Crippen molar-refractivity contribution < 1.29 is 19.8 Å². The number of nitrogens with one attached hydrogen (secondary N) is 1. The SMILES string of the molecule is CCCCCCCCCCC(C)Nc1ccc(C(=O)O)c(C(=O)O)c1.[Na].[Na].[Na]. The minimum atomic E-state index is -1.23. The molecule has 0 fully saturated rings. The molecule has 0 bridgehead atoms. The van der Waals surface area contributed by atoms with Crippen LogP contribution in [0, 0.1) is 0 Å². The van der Waals surface area contributed by atoms with Gasteiger partial charge >= 0.3 is 11.9 Å². The van der Waals surface area contributed by atoms with Crippen molar-refractivity contribution in [2.24, 2.45) is 0 Å². The molecule has 0 aliphatic heterocycles. The Kier molecular flexibility index (Phi) is 23.9. The maximum absolute atomic E-state index is 11.2. The molecule has 1 aromatic carbocycles. The van der Waals surface area contributed by atoms with Gasteiger partial charge in [-0.3, -0.25) is 0 Å². The molecule has 3 radical (unpaired) electrons. The average Bonchev–Trinajstić information content (AvgIpc) is 2.57. The van der Waals surface area contributed by atoms with Gasteiger partial charge in [0.05, 0.1) is 11.1 Å². The van der Waals surface area contributed by atoms with Crippen molar-refractivity contribution in [2.75, 3.05) is 5.32 Å². The molecule has 143 valence electrons. The fraction of sp³-hybridized carbons (Fsp3) is 0.600. The second-order valence-electron chi connectivity index (χ2n) is 6.68. The largest absolute Gasteiger partial charge is 0.478 e. The first-order chi connectivity index (χ1) is 12.0. The summed E-state index contributed by atoms with van der Waals surface area (Å²) in [7, 11) is 0. The maximum Gasteiger partial charge on any atom is 0.336 e. The topological polar surface area (TPSA) is 86.6 Å². The molecule has 28 heavy (non-hydrogen) atoms. The normalized spacial score (nSPS) is 10.6. The minimum absolute atomic E-state index is 0. The standard InChI is InChI=1S/C20H31NO4.3Na/c1-3-4-5-6-7-8-9-10-11-15(2)21-16-12-13-17(19(22)23)18(14-16)20(24)25;;;/h12-15,21H,3-11H2,1-2H3,(H,22,23)(H,24,25);;;. The molecular formula is C20H31NNa3O4. The van der Waals surface area contributed by atoms with Gasteiger partial charge in [0.2, 0.25) is 0 Å². The Bertz CT molecular complexity index is 570. The zero-order valence-electron chi connectivity index (χ0n) is 18.4. The first-order valence-electron chi connectivity index (χ1n) is 9.32. The number of anilines is 1. The molecule has 1 atom stereocenters. The van der Waals surface area contributed by atoms with E-state index in [0.717, 1.165) is 12.8 Å². The molecule has 1 rings (SSSR count). The van der Waals surface area contributed by atoms with Gasteiger partial charge in [-0.1, -0.05) is 58.3 Å². The van der Waals surface area contributed by atoms with Crippen molar-refractivity contribution in [3.05, 3.63) is 29.3 Å². The van der Waals surface area contributed by atoms with E-state index in [9.17, 15) is 9.59 Å². The van der Waals surface area contributed by atoms with E-state index in [-0.39, 0.29) is 106 Å². The molecule has 1 aromatic rings. The van der Waals surface area contributed by atoms with Gasteiger partial charge in [0.1, 0.15) is 0 Å². The monoisotopic (exact) mass is 418 g/mol. The van der Waals surface area contributed by atoms with Gasteiger partial charge in [0.25, 0.3) is 0 Å². The van der Waals surface area contributed by atoms with Gasteiger partial charge in [-0.25, -0.2) is 9.59 Å². The fourth-order valence-electron chi connectivity index (χ4n) is 2.94. The predicted octanol–water partition coefficient (Wildman–Crippen LogP) is 4.27. The van der Waals surface area contributed by atoms with E-state index < -0.39 is 11.9 Å². The molecule has 0 amide bonds. The Labute approximate surface area is 235 Å². The quantitative estimate of drug-likeness (QED) is 0.329. The Morgan fingerprint density at radius 3 is 1.86 bits per heavy atom. The summed E-state index contributed by atoms with van der Waals surface area (Å²) in [6.45, 7) is 4.29. The van der Waals surface area contributed by atoms with Crippen LogP contribution in [0.25, 0.3) is 0 Å². The van der Waals surface area contributed by atoms with Crippen molar-refractivity contribution in [1.29, 1.82) is 0 Å². The van der Waals surface area contributed by atoms with E-state index in [1.54, 1.807) is 6.07 Å². The van der Waals surface area contributed by atoms with Gasteiger partial charge in [0, 0.05) is 100 Å². The number of unbranched alkanes of at least 4 members (excludes halogenated alkanes) is 7. The molecule has 1 unspecified atom stereocenters. The number of aromatic carboxylic acids is 2. The van der Waals surface area contributed by atoms with Crippen LogP contribution in [-0.4, -0.2) is 117 Å². The molecule has 3 N–H and O–H groups in total. The van der Waals surface area contributed by atoms with E-state index in [1.165, 1.54) is 57.1 Å². The molecule has 0 aromatic heterocycles. The predicted molar refractivity (Wildman–Crippen MR) is 118 cm³/mol. The summed E-state index contributed by atoms with van der Waals surface area (Å²) in [5.74, 6) is -2.45. The maximum atomic E-state index is 11.2. The zero-order valence-corrected chi connectivity index (χ0v) is 24.4. The first kappa shape index (κ1) is 33.6. The number of benzene rings is 1. The second-order valence-corrected chi connectivity index (χ2v) is 6.68. The number of hydrogen-bond donors (Lipinski definition) is 3. The fourth-order valence-corrected chi connectivity index (χ4v) is 2.94. The second kappa shape index (κ2) is 19.9. The number of carboxylic acid groups (broad SMARTS) is 2. The van der Waals surface area contributed by atoms with Crippen molar-refractivity contribution in [3.8, 4) is 0 Å². The summed E-state index contributed by atoms with van der Waals surface area (Å²) in [4.78, 5) is 22.3. The van der Waals surface area contributed by atoms with Crippen molar-refractivity contribution in [3.63, 3.8) is 0 Å². The third-order valence-corrected chi connectivity index (χ3v) is 4.38. The Morgan fingerprint density at radius 1 is 0.857 bits per heavy atom. The smallest absolute Gasteiger partial charge is 0.336 e. The van der Waals surface area contributed by atoms with Crippen LogP contribution in [0.15, 0.2) is 18.2 Å². The van der Waals surface area contributed by atoms with Crippen molar-refractivity contribution in [2.45, 2.75) is 77.7 Å². The van der Waals surface area contributed by atoms with E-state index in [0.29, 0.717) is 5.69 Å². The minimum Gasteiger partial charge on any atom is -0.478 e. The Balaban J connectivity index is -0.00000208. The average molecular weight is 418 g/mol. The number of carbonyl (C=O) groups is 2. The molecule has 0 aliphatic carbocycles. The summed E-state index contributed by atoms with van der Waals surface area (Å²) >= 11 is 0. The number of rotatable bonds is 13. The van der Waals surface area contributed by atoms with Gasteiger partial charge in [-0.15, -0.1) is 0 Å². The van der Waals surface area contributed by atoms with Gasteiger partial charge in [0.15, 0.2) is 0 Å². The third kappa shape index (κ3) is 14.1. The van der Waals surface area contributed by atoms with Crippen LogP contribution in [0.4, 0.5) is 5.69 Å². The van der Waals surface area contributed by atoms with Crippen molar-refractivity contribution >= 4 is 106 Å². The summed E-state index contributed by atoms with van der Waals surface area (Å²) < 4.78 is 0. The van der Waals surface area contributed by atoms with Crippen molar-refractivity contribution in [1.82, 2.24) is 0 Å². The van der Waals surface area contributed by atoms with Gasteiger partial charge in [-0.2, -0.15) is 0 Å². The number of hydrogen-bond acceptors (Lipinski definition) is 3. The molecule has 5 nitrogen and oxygen atoms in total. The summed E-state index contributed by atoms with van der Waals surface area (Å²) in [6.07, 6.45) is 11.2. The van der Waals surface area contributed by atoms with Crippen LogP contribution in [0.3, 0.4) is 0 Å². The molecular weight excluding hydrogens is 387 g/mol. The molecule has 0 heterocycles. The first-order valence-corrected chi connectivity index (χ1v) is 9.32. The van der Waals surface area contributed by atoms with Crippen LogP contribution in [-0.2, 0) is 0 Å². The molecule has 0 spiro atoms. The van der Waals surface area contributed by atoms with Crippen LogP contribution in [0.2, 0.25) is 0 Å². The van der Waals surface area contributed by atoms with Crippen LogP contribution in [0.5, 0.6) is 0 Å². The van der Waals surface area contributed by atoms with E-state index in [1.807, 2.05) is 0 Å². The molecule has 0 saturated carbocycles. The zero-order chi connectivity index (χ0) is 18.7. The van der Waals surface area contributed by atoms with E-state index in [4.69, 9.17) is 10.2 Å². The Hall–Kier alpha value is 0.960. The van der Waals surface area contributed by atoms with Crippen LogP contribution in [0.1, 0.15) is 92.4 Å². The molecule has 0 saturated heterocycles. The van der Waals surface area contributed by atoms with Gasteiger partial charge < -0.3 is 15.5 Å². The van der Waals surface area contributed by atoms with E-state index in [2.05, 4.69) is 19.2 Å². The van der Waals surface area contributed by atoms with Crippen LogP contribution >= 0.6 is 0 Å². The van der Waals surface area contributed by atoms with E-state index >= 15 is 0 Å². The molecule has 8 heteroatoms. The summed E-state index contributed by atoms with van der Waals surface area (Å²) in [5.41, 5.74) is 0.278. The number of carboxylic acids is 2.